The maximum atomic E-state index is 4.43. The number of hydrogen-bond acceptors (Lipinski definition) is 2. The topological polar surface area (TPSA) is 24.9 Å². The predicted octanol–water partition coefficient (Wildman–Crippen LogP) is 3.70. The van der Waals surface area contributed by atoms with Crippen molar-refractivity contribution in [3.05, 3.63) is 30.1 Å². The van der Waals surface area contributed by atoms with Crippen LogP contribution in [0.1, 0.15) is 57.7 Å². The van der Waals surface area contributed by atoms with E-state index in [0.29, 0.717) is 6.04 Å². The molecule has 0 amide bonds. The zero-order chi connectivity index (χ0) is 11.6. The van der Waals surface area contributed by atoms with Gasteiger partial charge in [0.15, 0.2) is 0 Å². The van der Waals surface area contributed by atoms with E-state index in [1.807, 2.05) is 12.3 Å². The Hall–Kier alpha value is -0.890. The molecule has 0 saturated heterocycles. The second-order valence-electron chi connectivity index (χ2n) is 4.21. The van der Waals surface area contributed by atoms with Crippen molar-refractivity contribution < 1.29 is 0 Å². The lowest BCUT2D eigenvalue weighted by Gasteiger charge is -2.17. The molecule has 1 aromatic heterocycles. The van der Waals surface area contributed by atoms with Crippen molar-refractivity contribution in [3.63, 3.8) is 0 Å². The zero-order valence-corrected chi connectivity index (χ0v) is 10.6. The minimum atomic E-state index is 0.433. The van der Waals surface area contributed by atoms with Crippen LogP contribution in [0.4, 0.5) is 0 Å². The van der Waals surface area contributed by atoms with Gasteiger partial charge < -0.3 is 5.32 Å². The molecule has 1 unspecified atom stereocenters. The minimum absolute atomic E-state index is 0.433. The number of pyridine rings is 1. The van der Waals surface area contributed by atoms with Gasteiger partial charge in [-0.05, 0) is 25.1 Å². The highest BCUT2D eigenvalue weighted by Gasteiger charge is 2.09. The van der Waals surface area contributed by atoms with Crippen LogP contribution in [0, 0.1) is 0 Å². The largest absolute Gasteiger partial charge is 0.309 e. The lowest BCUT2D eigenvalue weighted by molar-refractivity contribution is 0.473. The fraction of sp³-hybridized carbons (Fsp3) is 0.643. The third-order valence-electron chi connectivity index (χ3n) is 2.84. The second-order valence-corrected chi connectivity index (χ2v) is 4.21. The summed E-state index contributed by atoms with van der Waals surface area (Å²) in [7, 11) is 0. The molecular formula is C14H24N2. The summed E-state index contributed by atoms with van der Waals surface area (Å²) in [6.45, 7) is 5.41. The molecular weight excluding hydrogens is 196 g/mol. The second kappa shape index (κ2) is 8.28. The SMILES string of the molecule is CCCCCCC(NCC)c1ccccn1. The predicted molar refractivity (Wildman–Crippen MR) is 69.4 cm³/mol. The van der Waals surface area contributed by atoms with Gasteiger partial charge in [0.25, 0.3) is 0 Å². The lowest BCUT2D eigenvalue weighted by Crippen LogP contribution is -2.21. The van der Waals surface area contributed by atoms with E-state index in [1.54, 1.807) is 0 Å². The molecule has 1 rings (SSSR count). The summed E-state index contributed by atoms with van der Waals surface area (Å²) in [5.41, 5.74) is 1.18. The molecule has 0 aliphatic carbocycles. The molecule has 1 N–H and O–H groups in total. The van der Waals surface area contributed by atoms with Crippen LogP contribution in [0.3, 0.4) is 0 Å². The van der Waals surface area contributed by atoms with Crippen LogP contribution in [0.15, 0.2) is 24.4 Å². The number of nitrogens with one attached hydrogen (secondary N) is 1. The number of hydrogen-bond donors (Lipinski definition) is 1. The molecule has 90 valence electrons. The van der Waals surface area contributed by atoms with Gasteiger partial charge in [0.2, 0.25) is 0 Å². The Morgan fingerprint density at radius 3 is 2.69 bits per heavy atom. The average Bonchev–Trinajstić information content (AvgIpc) is 2.34. The first-order chi connectivity index (χ1) is 7.88. The first kappa shape index (κ1) is 13.2. The van der Waals surface area contributed by atoms with Crippen LogP contribution in [0.5, 0.6) is 0 Å². The molecule has 0 aliphatic rings. The van der Waals surface area contributed by atoms with E-state index >= 15 is 0 Å². The van der Waals surface area contributed by atoms with Crippen molar-refractivity contribution in [2.24, 2.45) is 0 Å². The molecule has 0 saturated carbocycles. The molecule has 0 aliphatic heterocycles. The number of rotatable bonds is 8. The number of unbranched alkanes of at least 4 members (excludes halogenated alkanes) is 3. The Morgan fingerprint density at radius 1 is 1.19 bits per heavy atom. The quantitative estimate of drug-likeness (QED) is 0.676. The minimum Gasteiger partial charge on any atom is -0.309 e. The van der Waals surface area contributed by atoms with Gasteiger partial charge in [0.05, 0.1) is 5.69 Å². The van der Waals surface area contributed by atoms with E-state index < -0.39 is 0 Å². The maximum absolute atomic E-state index is 4.43. The highest BCUT2D eigenvalue weighted by atomic mass is 14.9. The number of aromatic nitrogens is 1. The van der Waals surface area contributed by atoms with Crippen LogP contribution >= 0.6 is 0 Å². The van der Waals surface area contributed by atoms with Gasteiger partial charge in [-0.1, -0.05) is 45.6 Å². The molecule has 0 spiro atoms. The molecule has 0 radical (unpaired) electrons. The summed E-state index contributed by atoms with van der Waals surface area (Å²) in [5.74, 6) is 0. The van der Waals surface area contributed by atoms with Gasteiger partial charge >= 0.3 is 0 Å². The van der Waals surface area contributed by atoms with Crippen molar-refractivity contribution in [2.75, 3.05) is 6.54 Å². The Kier molecular flexibility index (Phi) is 6.82. The van der Waals surface area contributed by atoms with Crippen LogP contribution in [0.25, 0.3) is 0 Å². The smallest absolute Gasteiger partial charge is 0.0573 e. The van der Waals surface area contributed by atoms with E-state index in [1.165, 1.54) is 37.8 Å². The van der Waals surface area contributed by atoms with Gasteiger partial charge in [-0.25, -0.2) is 0 Å². The first-order valence-corrected chi connectivity index (χ1v) is 6.52. The van der Waals surface area contributed by atoms with Crippen molar-refractivity contribution in [3.8, 4) is 0 Å². The Bertz CT molecular complexity index is 259. The highest BCUT2D eigenvalue weighted by molar-refractivity contribution is 5.08. The molecule has 0 aromatic carbocycles. The summed E-state index contributed by atoms with van der Waals surface area (Å²) in [4.78, 5) is 4.43. The summed E-state index contributed by atoms with van der Waals surface area (Å²) in [6.07, 6.45) is 8.36. The summed E-state index contributed by atoms with van der Waals surface area (Å²) < 4.78 is 0. The van der Waals surface area contributed by atoms with Gasteiger partial charge in [0, 0.05) is 12.2 Å². The zero-order valence-electron chi connectivity index (χ0n) is 10.6. The summed E-state index contributed by atoms with van der Waals surface area (Å²) in [6, 6.07) is 6.60. The molecule has 0 fully saturated rings. The Morgan fingerprint density at radius 2 is 2.06 bits per heavy atom. The monoisotopic (exact) mass is 220 g/mol. The van der Waals surface area contributed by atoms with Gasteiger partial charge in [-0.2, -0.15) is 0 Å². The molecule has 1 aromatic rings. The fourth-order valence-corrected chi connectivity index (χ4v) is 1.96. The van der Waals surface area contributed by atoms with E-state index in [9.17, 15) is 0 Å². The van der Waals surface area contributed by atoms with Crippen molar-refractivity contribution in [1.29, 1.82) is 0 Å². The average molecular weight is 220 g/mol. The van der Waals surface area contributed by atoms with Crippen LogP contribution in [-0.4, -0.2) is 11.5 Å². The third-order valence-corrected chi connectivity index (χ3v) is 2.84. The summed E-state index contributed by atoms with van der Waals surface area (Å²) >= 11 is 0. The van der Waals surface area contributed by atoms with Crippen LogP contribution in [-0.2, 0) is 0 Å². The third kappa shape index (κ3) is 4.75. The molecule has 2 nitrogen and oxygen atoms in total. The van der Waals surface area contributed by atoms with E-state index in [2.05, 4.69) is 36.3 Å². The van der Waals surface area contributed by atoms with Crippen molar-refractivity contribution in [1.82, 2.24) is 10.3 Å². The Balaban J connectivity index is 2.41. The molecule has 2 heteroatoms. The Labute approximate surface area is 99.5 Å². The lowest BCUT2D eigenvalue weighted by atomic mass is 10.0. The van der Waals surface area contributed by atoms with Crippen LogP contribution in [0.2, 0.25) is 0 Å². The van der Waals surface area contributed by atoms with Crippen molar-refractivity contribution in [2.45, 2.75) is 52.0 Å². The maximum Gasteiger partial charge on any atom is 0.0573 e. The molecule has 0 bridgehead atoms. The van der Waals surface area contributed by atoms with Gasteiger partial charge in [0.1, 0.15) is 0 Å². The molecule has 1 atom stereocenters. The van der Waals surface area contributed by atoms with Gasteiger partial charge in [-0.15, -0.1) is 0 Å². The number of nitrogens with zero attached hydrogens (tertiary/aromatic N) is 1. The summed E-state index contributed by atoms with van der Waals surface area (Å²) in [5, 5.41) is 3.51. The van der Waals surface area contributed by atoms with Gasteiger partial charge in [-0.3, -0.25) is 4.98 Å². The van der Waals surface area contributed by atoms with E-state index in [-0.39, 0.29) is 0 Å². The molecule has 16 heavy (non-hydrogen) atoms. The van der Waals surface area contributed by atoms with E-state index in [4.69, 9.17) is 0 Å². The molecule has 1 heterocycles. The van der Waals surface area contributed by atoms with Crippen LogP contribution < -0.4 is 5.32 Å². The first-order valence-electron chi connectivity index (χ1n) is 6.52. The highest BCUT2D eigenvalue weighted by Crippen LogP contribution is 2.17. The normalized spacial score (nSPS) is 12.6. The standard InChI is InChI=1S/C14H24N2/c1-3-5-6-7-10-13(15-4-2)14-11-8-9-12-16-14/h8-9,11-13,15H,3-7,10H2,1-2H3. The van der Waals surface area contributed by atoms with E-state index in [0.717, 1.165) is 6.54 Å². The van der Waals surface area contributed by atoms with Crippen molar-refractivity contribution >= 4 is 0 Å². The fourth-order valence-electron chi connectivity index (χ4n) is 1.96.